The first kappa shape index (κ1) is 13.5. The van der Waals surface area contributed by atoms with Crippen molar-refractivity contribution in [1.29, 1.82) is 0 Å². The topological polar surface area (TPSA) is 66.9 Å². The number of fused-ring (bicyclic) bond motifs is 5. The first-order valence-corrected chi connectivity index (χ1v) is 8.15. The highest BCUT2D eigenvalue weighted by Gasteiger charge is 2.32. The SMILES string of the molecule is CCC1(C)CNc2c(sc3ccc4nccnc4c23)C(=O)N1. The van der Waals surface area contributed by atoms with E-state index in [9.17, 15) is 4.79 Å². The van der Waals surface area contributed by atoms with E-state index in [0.29, 0.717) is 6.54 Å². The first-order valence-electron chi connectivity index (χ1n) is 7.34. The van der Waals surface area contributed by atoms with Crippen molar-refractivity contribution in [2.75, 3.05) is 11.9 Å². The molecular formula is C16H16N4OS. The number of rotatable bonds is 1. The van der Waals surface area contributed by atoms with Crippen molar-refractivity contribution in [1.82, 2.24) is 15.3 Å². The average molecular weight is 312 g/mol. The molecule has 1 aliphatic rings. The van der Waals surface area contributed by atoms with Gasteiger partial charge in [-0.3, -0.25) is 14.8 Å². The molecule has 0 fully saturated rings. The molecule has 0 saturated carbocycles. The van der Waals surface area contributed by atoms with Crippen LogP contribution in [0, 0.1) is 0 Å². The van der Waals surface area contributed by atoms with Gasteiger partial charge in [0.25, 0.3) is 5.91 Å². The number of hydrogen-bond donors (Lipinski definition) is 2. The van der Waals surface area contributed by atoms with Crippen LogP contribution in [-0.2, 0) is 0 Å². The Morgan fingerprint density at radius 1 is 1.32 bits per heavy atom. The molecule has 0 aliphatic carbocycles. The van der Waals surface area contributed by atoms with E-state index in [1.165, 1.54) is 11.3 Å². The lowest BCUT2D eigenvalue weighted by molar-refractivity contribution is 0.0917. The zero-order valence-electron chi connectivity index (χ0n) is 12.4. The van der Waals surface area contributed by atoms with Crippen LogP contribution in [0.15, 0.2) is 24.5 Å². The molecule has 2 aromatic heterocycles. The lowest BCUT2D eigenvalue weighted by Gasteiger charge is -2.27. The van der Waals surface area contributed by atoms with Crippen molar-refractivity contribution >= 4 is 44.1 Å². The van der Waals surface area contributed by atoms with Gasteiger partial charge in [0.1, 0.15) is 4.88 Å². The summed E-state index contributed by atoms with van der Waals surface area (Å²) < 4.78 is 1.06. The van der Waals surface area contributed by atoms with Gasteiger partial charge in [-0.05, 0) is 25.5 Å². The molecule has 3 aromatic rings. The van der Waals surface area contributed by atoms with Gasteiger partial charge < -0.3 is 10.6 Å². The van der Waals surface area contributed by atoms with E-state index < -0.39 is 0 Å². The Bertz CT molecular complexity index is 904. The highest BCUT2D eigenvalue weighted by molar-refractivity contribution is 7.21. The maximum absolute atomic E-state index is 12.6. The Labute approximate surface area is 131 Å². The second-order valence-electron chi connectivity index (χ2n) is 5.89. The molecule has 0 bridgehead atoms. The molecule has 1 aromatic carbocycles. The molecule has 6 heteroatoms. The summed E-state index contributed by atoms with van der Waals surface area (Å²) in [5, 5.41) is 7.62. The van der Waals surface area contributed by atoms with Crippen molar-refractivity contribution in [3.63, 3.8) is 0 Å². The highest BCUT2D eigenvalue weighted by Crippen LogP contribution is 2.40. The smallest absolute Gasteiger partial charge is 0.264 e. The van der Waals surface area contributed by atoms with Crippen LogP contribution in [0.3, 0.4) is 0 Å². The van der Waals surface area contributed by atoms with Crippen molar-refractivity contribution in [3.8, 4) is 0 Å². The minimum absolute atomic E-state index is 0.0115. The summed E-state index contributed by atoms with van der Waals surface area (Å²) in [6, 6.07) is 3.97. The van der Waals surface area contributed by atoms with E-state index in [1.54, 1.807) is 12.4 Å². The van der Waals surface area contributed by atoms with E-state index in [1.807, 2.05) is 12.1 Å². The minimum Gasteiger partial charge on any atom is -0.381 e. The lowest BCUT2D eigenvalue weighted by atomic mass is 9.99. The predicted molar refractivity (Wildman–Crippen MR) is 89.6 cm³/mol. The van der Waals surface area contributed by atoms with E-state index in [0.717, 1.165) is 38.1 Å². The molecule has 5 nitrogen and oxygen atoms in total. The standard InChI is InChI=1S/C16H16N4OS/c1-3-16(2)8-19-13-11-10(22-14(13)15(21)20-16)5-4-9-12(11)18-7-6-17-9/h4-7,19H,3,8H2,1-2H3,(H,20,21). The summed E-state index contributed by atoms with van der Waals surface area (Å²) in [5.74, 6) is -0.0115. The zero-order valence-corrected chi connectivity index (χ0v) is 13.3. The van der Waals surface area contributed by atoms with Gasteiger partial charge in [-0.15, -0.1) is 11.3 Å². The van der Waals surface area contributed by atoms with E-state index >= 15 is 0 Å². The third-order valence-electron chi connectivity index (χ3n) is 4.35. The number of amides is 1. The third kappa shape index (κ3) is 1.87. The summed E-state index contributed by atoms with van der Waals surface area (Å²) in [6.45, 7) is 4.85. The van der Waals surface area contributed by atoms with Crippen LogP contribution in [-0.4, -0.2) is 28.0 Å². The Balaban J connectivity index is 2.00. The number of anilines is 1. The Hall–Kier alpha value is -2.21. The quantitative estimate of drug-likeness (QED) is 0.724. The summed E-state index contributed by atoms with van der Waals surface area (Å²) in [4.78, 5) is 22.2. The second kappa shape index (κ2) is 4.64. The monoisotopic (exact) mass is 312 g/mol. The molecule has 1 atom stereocenters. The maximum Gasteiger partial charge on any atom is 0.264 e. The van der Waals surface area contributed by atoms with Crippen molar-refractivity contribution in [3.05, 3.63) is 29.4 Å². The van der Waals surface area contributed by atoms with Gasteiger partial charge in [0.15, 0.2) is 0 Å². The van der Waals surface area contributed by atoms with Gasteiger partial charge in [-0.2, -0.15) is 0 Å². The van der Waals surface area contributed by atoms with Crippen LogP contribution in [0.1, 0.15) is 29.9 Å². The normalized spacial score (nSPS) is 21.3. The highest BCUT2D eigenvalue weighted by atomic mass is 32.1. The van der Waals surface area contributed by atoms with Gasteiger partial charge in [0.2, 0.25) is 0 Å². The summed E-state index contributed by atoms with van der Waals surface area (Å²) >= 11 is 1.50. The van der Waals surface area contributed by atoms with Gasteiger partial charge in [0.05, 0.1) is 22.3 Å². The Morgan fingerprint density at radius 3 is 2.95 bits per heavy atom. The van der Waals surface area contributed by atoms with Crippen LogP contribution >= 0.6 is 11.3 Å². The van der Waals surface area contributed by atoms with E-state index in [-0.39, 0.29) is 11.4 Å². The fourth-order valence-electron chi connectivity index (χ4n) is 2.82. The number of nitrogens with zero attached hydrogens (tertiary/aromatic N) is 2. The fraction of sp³-hybridized carbons (Fsp3) is 0.312. The predicted octanol–water partition coefficient (Wildman–Crippen LogP) is 3.17. The molecule has 1 amide bonds. The Kier molecular flexibility index (Phi) is 2.84. The first-order chi connectivity index (χ1) is 10.6. The number of aromatic nitrogens is 2. The van der Waals surface area contributed by atoms with Crippen molar-refractivity contribution in [2.45, 2.75) is 25.8 Å². The molecule has 22 heavy (non-hydrogen) atoms. The lowest BCUT2D eigenvalue weighted by Crippen LogP contribution is -2.48. The number of carbonyl (C=O) groups excluding carboxylic acids is 1. The molecule has 0 saturated heterocycles. The largest absolute Gasteiger partial charge is 0.381 e. The molecule has 0 radical (unpaired) electrons. The Morgan fingerprint density at radius 2 is 2.14 bits per heavy atom. The minimum atomic E-state index is -0.238. The number of thiophene rings is 1. The zero-order chi connectivity index (χ0) is 15.3. The van der Waals surface area contributed by atoms with Crippen molar-refractivity contribution < 1.29 is 4.79 Å². The molecule has 3 heterocycles. The molecule has 1 aliphatic heterocycles. The number of nitrogens with one attached hydrogen (secondary N) is 2. The van der Waals surface area contributed by atoms with Crippen LogP contribution in [0.2, 0.25) is 0 Å². The van der Waals surface area contributed by atoms with Crippen LogP contribution < -0.4 is 10.6 Å². The fourth-order valence-corrected chi connectivity index (χ4v) is 3.90. The van der Waals surface area contributed by atoms with E-state index in [2.05, 4.69) is 34.4 Å². The molecule has 0 spiro atoms. The number of carbonyl (C=O) groups is 1. The van der Waals surface area contributed by atoms with Crippen LogP contribution in [0.25, 0.3) is 21.1 Å². The average Bonchev–Trinajstić information content (AvgIpc) is 2.86. The molecule has 2 N–H and O–H groups in total. The second-order valence-corrected chi connectivity index (χ2v) is 6.94. The summed E-state index contributed by atoms with van der Waals surface area (Å²) in [6.07, 6.45) is 4.26. The van der Waals surface area contributed by atoms with Gasteiger partial charge in [-0.1, -0.05) is 6.92 Å². The van der Waals surface area contributed by atoms with Crippen LogP contribution in [0.4, 0.5) is 5.69 Å². The maximum atomic E-state index is 12.6. The van der Waals surface area contributed by atoms with E-state index in [4.69, 9.17) is 0 Å². The molecule has 112 valence electrons. The summed E-state index contributed by atoms with van der Waals surface area (Å²) in [5.41, 5.74) is 2.34. The third-order valence-corrected chi connectivity index (χ3v) is 5.50. The van der Waals surface area contributed by atoms with Crippen molar-refractivity contribution in [2.24, 2.45) is 0 Å². The molecule has 4 rings (SSSR count). The molecular weight excluding hydrogens is 296 g/mol. The number of hydrogen-bond acceptors (Lipinski definition) is 5. The molecule has 1 unspecified atom stereocenters. The summed E-state index contributed by atoms with van der Waals surface area (Å²) in [7, 11) is 0. The van der Waals surface area contributed by atoms with Crippen LogP contribution in [0.5, 0.6) is 0 Å². The number of benzene rings is 1. The van der Waals surface area contributed by atoms with Gasteiger partial charge >= 0.3 is 0 Å². The van der Waals surface area contributed by atoms with Gasteiger partial charge in [0, 0.05) is 29.0 Å². The van der Waals surface area contributed by atoms with Gasteiger partial charge in [-0.25, -0.2) is 0 Å².